The first kappa shape index (κ1) is 14.2. The molecule has 0 saturated heterocycles. The van der Waals surface area contributed by atoms with Gasteiger partial charge in [-0.1, -0.05) is 36.8 Å². The lowest BCUT2D eigenvalue weighted by Crippen LogP contribution is -2.36. The lowest BCUT2D eigenvalue weighted by atomic mass is 9.94. The van der Waals surface area contributed by atoms with Crippen LogP contribution in [0.4, 0.5) is 0 Å². The molecule has 1 aliphatic rings. The van der Waals surface area contributed by atoms with Gasteiger partial charge in [0, 0.05) is 23.9 Å². The normalized spacial score (nSPS) is 21.4. The van der Waals surface area contributed by atoms with E-state index >= 15 is 0 Å². The van der Waals surface area contributed by atoms with Crippen molar-refractivity contribution >= 4 is 17.2 Å². The Labute approximate surface area is 128 Å². The Bertz CT molecular complexity index is 611. The number of carbonyl (C=O) groups is 1. The number of nitrogens with two attached hydrogens (primary N) is 1. The Morgan fingerprint density at radius 3 is 2.86 bits per heavy atom. The van der Waals surface area contributed by atoms with E-state index in [2.05, 4.69) is 34.6 Å². The molecule has 1 amide bonds. The average molecular weight is 301 g/mol. The van der Waals surface area contributed by atoms with Crippen LogP contribution in [0.3, 0.4) is 0 Å². The van der Waals surface area contributed by atoms with Crippen LogP contribution in [0.15, 0.2) is 35.7 Å². The fraction of sp³-hybridized carbons (Fsp3) is 0.375. The van der Waals surface area contributed by atoms with E-state index in [1.54, 1.807) is 5.38 Å². The summed E-state index contributed by atoms with van der Waals surface area (Å²) in [6, 6.07) is 10.6. The van der Waals surface area contributed by atoms with Crippen molar-refractivity contribution in [3.8, 4) is 0 Å². The van der Waals surface area contributed by atoms with E-state index in [9.17, 15) is 4.79 Å². The van der Waals surface area contributed by atoms with Gasteiger partial charge in [0.15, 0.2) is 0 Å². The third-order valence-corrected chi connectivity index (χ3v) is 4.89. The molecule has 2 unspecified atom stereocenters. The highest BCUT2D eigenvalue weighted by Crippen LogP contribution is 2.34. The minimum absolute atomic E-state index is 0.0845. The van der Waals surface area contributed by atoms with E-state index in [-0.39, 0.29) is 11.9 Å². The summed E-state index contributed by atoms with van der Waals surface area (Å²) in [5.74, 6) is 0.321. The number of amides is 1. The minimum Gasteiger partial charge on any atom is -0.347 e. The zero-order valence-corrected chi connectivity index (χ0v) is 12.6. The zero-order valence-electron chi connectivity index (χ0n) is 11.8. The van der Waals surface area contributed by atoms with Crippen molar-refractivity contribution in [3.05, 3.63) is 52.0 Å². The summed E-state index contributed by atoms with van der Waals surface area (Å²) < 4.78 is 0. The molecule has 3 rings (SSSR count). The highest BCUT2D eigenvalue weighted by atomic mass is 32.1. The summed E-state index contributed by atoms with van der Waals surface area (Å²) in [4.78, 5) is 16.5. The van der Waals surface area contributed by atoms with Crippen LogP contribution in [0, 0.1) is 0 Å². The number of benzene rings is 1. The van der Waals surface area contributed by atoms with Crippen LogP contribution in [-0.4, -0.2) is 16.9 Å². The van der Waals surface area contributed by atoms with Gasteiger partial charge >= 0.3 is 0 Å². The van der Waals surface area contributed by atoms with Gasteiger partial charge in [0.05, 0.1) is 0 Å². The maximum Gasteiger partial charge on any atom is 0.270 e. The second-order valence-corrected chi connectivity index (χ2v) is 6.30. The standard InChI is InChI=1S/C16H19N3OS/c17-9-15-18-14(10-21-15)16(20)19-13-8-4-7-12(13)11-5-2-1-3-6-11/h1-3,5-6,10,12-13H,4,7-9,17H2,(H,19,20). The SMILES string of the molecule is NCc1nc(C(=O)NC2CCCC2c2ccccc2)cs1. The summed E-state index contributed by atoms with van der Waals surface area (Å²) in [5, 5.41) is 5.72. The van der Waals surface area contributed by atoms with Crippen LogP contribution in [-0.2, 0) is 6.54 Å². The number of hydrogen-bond acceptors (Lipinski definition) is 4. The van der Waals surface area contributed by atoms with E-state index in [0.717, 1.165) is 24.3 Å². The van der Waals surface area contributed by atoms with Crippen molar-refractivity contribution < 1.29 is 4.79 Å². The Balaban J connectivity index is 1.70. The molecule has 2 atom stereocenters. The molecule has 2 aromatic rings. The number of thiazole rings is 1. The smallest absolute Gasteiger partial charge is 0.270 e. The highest BCUT2D eigenvalue weighted by molar-refractivity contribution is 7.09. The van der Waals surface area contributed by atoms with Gasteiger partial charge in [-0.2, -0.15) is 0 Å². The first-order valence-electron chi connectivity index (χ1n) is 7.28. The molecule has 21 heavy (non-hydrogen) atoms. The van der Waals surface area contributed by atoms with E-state index in [0.29, 0.717) is 18.2 Å². The van der Waals surface area contributed by atoms with E-state index < -0.39 is 0 Å². The number of nitrogens with one attached hydrogen (secondary N) is 1. The first-order valence-corrected chi connectivity index (χ1v) is 8.16. The number of hydrogen-bond donors (Lipinski definition) is 2. The predicted molar refractivity (Wildman–Crippen MR) is 84.3 cm³/mol. The largest absolute Gasteiger partial charge is 0.347 e. The molecular weight excluding hydrogens is 282 g/mol. The van der Waals surface area contributed by atoms with Gasteiger partial charge in [0.1, 0.15) is 10.7 Å². The van der Waals surface area contributed by atoms with Crippen LogP contribution >= 0.6 is 11.3 Å². The molecule has 0 aliphatic heterocycles. The van der Waals surface area contributed by atoms with Crippen molar-refractivity contribution in [3.63, 3.8) is 0 Å². The minimum atomic E-state index is -0.0845. The summed E-state index contributed by atoms with van der Waals surface area (Å²) in [6.07, 6.45) is 3.30. The molecular formula is C16H19N3OS. The fourth-order valence-electron chi connectivity index (χ4n) is 2.98. The lowest BCUT2D eigenvalue weighted by molar-refractivity contribution is 0.0930. The Morgan fingerprint density at radius 1 is 1.33 bits per heavy atom. The summed E-state index contributed by atoms with van der Waals surface area (Å²) in [5.41, 5.74) is 7.33. The molecule has 1 heterocycles. The first-order chi connectivity index (χ1) is 10.3. The van der Waals surface area contributed by atoms with Crippen molar-refractivity contribution in [2.45, 2.75) is 37.8 Å². The van der Waals surface area contributed by atoms with Crippen LogP contribution < -0.4 is 11.1 Å². The van der Waals surface area contributed by atoms with Crippen LogP contribution in [0.25, 0.3) is 0 Å². The third kappa shape index (κ3) is 3.14. The fourth-order valence-corrected chi connectivity index (χ4v) is 3.64. The molecule has 0 spiro atoms. The average Bonchev–Trinajstić information content (AvgIpc) is 3.17. The van der Waals surface area contributed by atoms with Crippen molar-refractivity contribution in [2.24, 2.45) is 5.73 Å². The molecule has 110 valence electrons. The third-order valence-electron chi connectivity index (χ3n) is 4.02. The summed E-state index contributed by atoms with van der Waals surface area (Å²) in [7, 11) is 0. The van der Waals surface area contributed by atoms with Crippen molar-refractivity contribution in [1.82, 2.24) is 10.3 Å². The lowest BCUT2D eigenvalue weighted by Gasteiger charge is -2.21. The highest BCUT2D eigenvalue weighted by Gasteiger charge is 2.30. The summed E-state index contributed by atoms with van der Waals surface area (Å²) >= 11 is 1.44. The molecule has 1 aliphatic carbocycles. The number of rotatable bonds is 4. The Hall–Kier alpha value is -1.72. The molecule has 0 radical (unpaired) electrons. The molecule has 1 fully saturated rings. The van der Waals surface area contributed by atoms with E-state index in [1.807, 2.05) is 6.07 Å². The summed E-state index contributed by atoms with van der Waals surface area (Å²) in [6.45, 7) is 0.383. The molecule has 5 heteroatoms. The quantitative estimate of drug-likeness (QED) is 0.912. The van der Waals surface area contributed by atoms with Crippen LogP contribution in [0.1, 0.15) is 46.2 Å². The van der Waals surface area contributed by atoms with Crippen LogP contribution in [0.5, 0.6) is 0 Å². The van der Waals surface area contributed by atoms with Gasteiger partial charge in [-0.3, -0.25) is 4.79 Å². The van der Waals surface area contributed by atoms with E-state index in [4.69, 9.17) is 5.73 Å². The molecule has 1 aromatic carbocycles. The van der Waals surface area contributed by atoms with Gasteiger partial charge < -0.3 is 11.1 Å². The van der Waals surface area contributed by atoms with Gasteiger partial charge in [-0.25, -0.2) is 4.98 Å². The number of aromatic nitrogens is 1. The predicted octanol–water partition coefficient (Wildman–Crippen LogP) is 2.67. The monoisotopic (exact) mass is 301 g/mol. The van der Waals surface area contributed by atoms with Gasteiger partial charge in [0.2, 0.25) is 0 Å². The maximum absolute atomic E-state index is 12.3. The van der Waals surface area contributed by atoms with Gasteiger partial charge in [0.25, 0.3) is 5.91 Å². The van der Waals surface area contributed by atoms with Crippen molar-refractivity contribution in [2.75, 3.05) is 0 Å². The zero-order chi connectivity index (χ0) is 14.7. The second kappa shape index (κ2) is 6.37. The topological polar surface area (TPSA) is 68.0 Å². The Kier molecular flexibility index (Phi) is 4.31. The Morgan fingerprint density at radius 2 is 2.14 bits per heavy atom. The maximum atomic E-state index is 12.3. The molecule has 4 nitrogen and oxygen atoms in total. The number of carbonyl (C=O) groups excluding carboxylic acids is 1. The molecule has 0 bridgehead atoms. The molecule has 1 saturated carbocycles. The van der Waals surface area contributed by atoms with Gasteiger partial charge in [-0.05, 0) is 18.4 Å². The second-order valence-electron chi connectivity index (χ2n) is 5.36. The van der Waals surface area contributed by atoms with Crippen molar-refractivity contribution in [1.29, 1.82) is 0 Å². The number of nitrogens with zero attached hydrogens (tertiary/aromatic N) is 1. The van der Waals surface area contributed by atoms with Crippen LogP contribution in [0.2, 0.25) is 0 Å². The molecule has 3 N–H and O–H groups in total. The van der Waals surface area contributed by atoms with E-state index in [1.165, 1.54) is 16.9 Å². The molecule has 1 aromatic heterocycles. The van der Waals surface area contributed by atoms with Gasteiger partial charge in [-0.15, -0.1) is 11.3 Å².